The van der Waals surface area contributed by atoms with E-state index in [1.54, 1.807) is 6.07 Å². The Morgan fingerprint density at radius 3 is 2.33 bits per heavy atom. The van der Waals surface area contributed by atoms with Crippen molar-refractivity contribution in [3.8, 4) is 0 Å². The molecule has 3 rings (SSSR count). The molecular formula is C16H10F3N3O2. The van der Waals surface area contributed by atoms with Gasteiger partial charge in [0.1, 0.15) is 5.52 Å². The summed E-state index contributed by atoms with van der Waals surface area (Å²) in [4.78, 5) is 30.4. The number of hydrogen-bond donors (Lipinski definition) is 2. The van der Waals surface area contributed by atoms with E-state index >= 15 is 0 Å². The number of carbonyl (C=O) groups is 2. The maximum absolute atomic E-state index is 13.1. The minimum Gasteiger partial charge on any atom is -0.366 e. The maximum atomic E-state index is 13.1. The van der Waals surface area contributed by atoms with Gasteiger partial charge in [-0.3, -0.25) is 9.59 Å². The normalized spacial score (nSPS) is 11.6. The third-order valence-electron chi connectivity index (χ3n) is 3.47. The van der Waals surface area contributed by atoms with Crippen molar-refractivity contribution in [2.75, 3.05) is 0 Å². The van der Waals surface area contributed by atoms with Gasteiger partial charge in [-0.15, -0.1) is 0 Å². The van der Waals surface area contributed by atoms with Crippen molar-refractivity contribution >= 4 is 22.7 Å². The first-order valence-corrected chi connectivity index (χ1v) is 6.78. The Labute approximate surface area is 133 Å². The van der Waals surface area contributed by atoms with Gasteiger partial charge in [-0.1, -0.05) is 24.3 Å². The van der Waals surface area contributed by atoms with Crippen LogP contribution in [0.25, 0.3) is 11.0 Å². The molecule has 0 aliphatic heterocycles. The van der Waals surface area contributed by atoms with Gasteiger partial charge in [-0.2, -0.15) is 13.2 Å². The quantitative estimate of drug-likeness (QED) is 0.722. The second-order valence-corrected chi connectivity index (χ2v) is 5.02. The number of nitrogens with zero attached hydrogens (tertiary/aromatic N) is 1. The van der Waals surface area contributed by atoms with Crippen molar-refractivity contribution in [2.45, 2.75) is 6.18 Å². The highest BCUT2D eigenvalue weighted by Gasteiger charge is 2.35. The number of primary amides is 1. The van der Waals surface area contributed by atoms with E-state index in [9.17, 15) is 22.8 Å². The van der Waals surface area contributed by atoms with Crippen molar-refractivity contribution in [3.63, 3.8) is 0 Å². The zero-order chi connectivity index (χ0) is 17.5. The van der Waals surface area contributed by atoms with Gasteiger partial charge in [0.2, 0.25) is 5.78 Å². The molecule has 1 heterocycles. The lowest BCUT2D eigenvalue weighted by Gasteiger charge is -2.10. The number of ketones is 1. The minimum atomic E-state index is -4.67. The third kappa shape index (κ3) is 2.62. The monoisotopic (exact) mass is 333 g/mol. The SMILES string of the molecule is NC(=O)c1cccc2[nH]c(C(=O)c3ccccc3C(F)(F)F)nc12. The number of hydrogen-bond acceptors (Lipinski definition) is 3. The second kappa shape index (κ2) is 5.48. The highest BCUT2D eigenvalue weighted by molar-refractivity contribution is 6.11. The molecule has 0 saturated heterocycles. The number of alkyl halides is 3. The summed E-state index contributed by atoms with van der Waals surface area (Å²) >= 11 is 0. The van der Waals surface area contributed by atoms with E-state index in [1.807, 2.05) is 0 Å². The molecule has 0 aliphatic rings. The molecule has 1 aromatic heterocycles. The molecule has 0 fully saturated rings. The number of carbonyl (C=O) groups excluding carboxylic acids is 2. The van der Waals surface area contributed by atoms with E-state index in [0.717, 1.165) is 12.1 Å². The molecule has 8 heteroatoms. The van der Waals surface area contributed by atoms with Crippen molar-refractivity contribution in [2.24, 2.45) is 5.73 Å². The molecule has 0 spiro atoms. The summed E-state index contributed by atoms with van der Waals surface area (Å²) in [6.45, 7) is 0. The summed E-state index contributed by atoms with van der Waals surface area (Å²) in [5.74, 6) is -1.97. The predicted octanol–water partition coefficient (Wildman–Crippen LogP) is 2.91. The standard InChI is InChI=1S/C16H10F3N3O2/c17-16(18,19)10-6-2-1-4-8(10)13(23)15-21-11-7-3-5-9(14(20)24)12(11)22-15/h1-7H,(H2,20,24)(H,21,22). The molecule has 0 unspecified atom stereocenters. The van der Waals surface area contributed by atoms with Crippen LogP contribution in [-0.4, -0.2) is 21.7 Å². The molecule has 3 N–H and O–H groups in total. The Hall–Kier alpha value is -3.16. The maximum Gasteiger partial charge on any atom is 0.417 e. The number of halogens is 3. The Morgan fingerprint density at radius 2 is 1.67 bits per heavy atom. The highest BCUT2D eigenvalue weighted by atomic mass is 19.4. The summed E-state index contributed by atoms with van der Waals surface area (Å²) in [7, 11) is 0. The number of nitrogens with one attached hydrogen (secondary N) is 1. The molecule has 0 atom stereocenters. The smallest absolute Gasteiger partial charge is 0.366 e. The zero-order valence-electron chi connectivity index (χ0n) is 12.0. The predicted molar refractivity (Wildman–Crippen MR) is 79.5 cm³/mol. The van der Waals surface area contributed by atoms with Crippen LogP contribution < -0.4 is 5.73 Å². The molecular weight excluding hydrogens is 323 g/mol. The van der Waals surface area contributed by atoms with Gasteiger partial charge in [0.15, 0.2) is 5.82 Å². The highest BCUT2D eigenvalue weighted by Crippen LogP contribution is 2.32. The molecule has 1 amide bonds. The molecule has 122 valence electrons. The lowest BCUT2D eigenvalue weighted by Crippen LogP contribution is -2.14. The zero-order valence-corrected chi connectivity index (χ0v) is 12.0. The molecule has 0 saturated carbocycles. The van der Waals surface area contributed by atoms with E-state index in [4.69, 9.17) is 5.73 Å². The number of fused-ring (bicyclic) bond motifs is 1. The van der Waals surface area contributed by atoms with Gasteiger partial charge in [-0.25, -0.2) is 4.98 Å². The summed E-state index contributed by atoms with van der Waals surface area (Å²) in [5.41, 5.74) is 4.20. The Balaban J connectivity index is 2.14. The Bertz CT molecular complexity index is 961. The fraction of sp³-hybridized carbons (Fsp3) is 0.0625. The first-order valence-electron chi connectivity index (χ1n) is 6.78. The van der Waals surface area contributed by atoms with Crippen molar-refractivity contribution in [3.05, 3.63) is 65.0 Å². The number of benzene rings is 2. The van der Waals surface area contributed by atoms with Gasteiger partial charge in [0, 0.05) is 5.56 Å². The third-order valence-corrected chi connectivity index (χ3v) is 3.47. The second-order valence-electron chi connectivity index (χ2n) is 5.02. The van der Waals surface area contributed by atoms with Crippen LogP contribution in [0.1, 0.15) is 32.1 Å². The lowest BCUT2D eigenvalue weighted by atomic mass is 10.0. The number of para-hydroxylation sites is 1. The molecule has 0 aliphatic carbocycles. The van der Waals surface area contributed by atoms with Gasteiger partial charge < -0.3 is 10.7 Å². The van der Waals surface area contributed by atoms with E-state index in [2.05, 4.69) is 9.97 Å². The van der Waals surface area contributed by atoms with E-state index in [-0.39, 0.29) is 16.9 Å². The van der Waals surface area contributed by atoms with Gasteiger partial charge >= 0.3 is 6.18 Å². The molecule has 0 bridgehead atoms. The van der Waals surface area contributed by atoms with Crippen LogP contribution in [0.2, 0.25) is 0 Å². The number of nitrogens with two attached hydrogens (primary N) is 1. The first kappa shape index (κ1) is 15.7. The topological polar surface area (TPSA) is 88.8 Å². The van der Waals surface area contributed by atoms with Crippen LogP contribution in [0, 0.1) is 0 Å². The number of aromatic nitrogens is 2. The fourth-order valence-corrected chi connectivity index (χ4v) is 2.39. The summed E-state index contributed by atoms with van der Waals surface area (Å²) in [5, 5.41) is 0. The van der Waals surface area contributed by atoms with Gasteiger partial charge in [0.25, 0.3) is 5.91 Å². The Kier molecular flexibility index (Phi) is 3.59. The number of imidazole rings is 1. The number of aromatic amines is 1. The summed E-state index contributed by atoms with van der Waals surface area (Å²) in [6, 6.07) is 8.92. The largest absolute Gasteiger partial charge is 0.417 e. The van der Waals surface area contributed by atoms with Crippen molar-refractivity contribution in [1.29, 1.82) is 0 Å². The average Bonchev–Trinajstić information content (AvgIpc) is 2.97. The fourth-order valence-electron chi connectivity index (χ4n) is 2.39. The number of rotatable bonds is 3. The van der Waals surface area contributed by atoms with Crippen LogP contribution in [0.15, 0.2) is 42.5 Å². The van der Waals surface area contributed by atoms with Crippen LogP contribution in [0.4, 0.5) is 13.2 Å². The van der Waals surface area contributed by atoms with E-state index in [0.29, 0.717) is 5.52 Å². The number of H-pyrrole nitrogens is 1. The Morgan fingerprint density at radius 1 is 1.00 bits per heavy atom. The number of amides is 1. The first-order chi connectivity index (χ1) is 11.3. The van der Waals surface area contributed by atoms with Crippen LogP contribution in [0.5, 0.6) is 0 Å². The molecule has 2 aromatic carbocycles. The van der Waals surface area contributed by atoms with E-state index < -0.39 is 29.0 Å². The van der Waals surface area contributed by atoms with E-state index in [1.165, 1.54) is 24.3 Å². The van der Waals surface area contributed by atoms with Gasteiger partial charge in [0.05, 0.1) is 16.6 Å². The molecule has 24 heavy (non-hydrogen) atoms. The molecule has 0 radical (unpaired) electrons. The van der Waals surface area contributed by atoms with Crippen LogP contribution in [0.3, 0.4) is 0 Å². The lowest BCUT2D eigenvalue weighted by molar-refractivity contribution is -0.137. The van der Waals surface area contributed by atoms with Crippen molar-refractivity contribution < 1.29 is 22.8 Å². The van der Waals surface area contributed by atoms with Crippen LogP contribution >= 0.6 is 0 Å². The molecule has 3 aromatic rings. The molecule has 5 nitrogen and oxygen atoms in total. The van der Waals surface area contributed by atoms with Gasteiger partial charge in [-0.05, 0) is 18.2 Å². The van der Waals surface area contributed by atoms with Crippen molar-refractivity contribution in [1.82, 2.24) is 9.97 Å². The minimum absolute atomic E-state index is 0.0758. The average molecular weight is 333 g/mol. The summed E-state index contributed by atoms with van der Waals surface area (Å²) < 4.78 is 39.2. The van der Waals surface area contributed by atoms with Crippen LogP contribution in [-0.2, 0) is 6.18 Å². The summed E-state index contributed by atoms with van der Waals surface area (Å²) in [6.07, 6.45) is -4.67.